The number of allylic oxidation sites excluding steroid dienone is 5. The summed E-state index contributed by atoms with van der Waals surface area (Å²) < 4.78 is 36.0. The van der Waals surface area contributed by atoms with Gasteiger partial charge < -0.3 is 40.2 Å². The zero-order chi connectivity index (χ0) is 41.1. The van der Waals surface area contributed by atoms with Gasteiger partial charge in [-0.05, 0) is 80.2 Å². The summed E-state index contributed by atoms with van der Waals surface area (Å²) in [7, 11) is -4.99. The Kier molecular flexibility index (Phi) is 11.2. The monoisotopic (exact) mass is 804 g/mol. The average Bonchev–Trinajstić information content (AvgIpc) is 3.66. The molecule has 11 atom stereocenters. The van der Waals surface area contributed by atoms with E-state index in [0.717, 1.165) is 29.5 Å². The molecule has 2 aromatic carbocycles. The van der Waals surface area contributed by atoms with E-state index in [4.69, 9.17) is 24.5 Å². The molecule has 14 heteroatoms. The molecule has 13 nitrogen and oxygen atoms in total. The Morgan fingerprint density at radius 3 is 2.54 bits per heavy atom. The third-order valence-electron chi connectivity index (χ3n) is 13.3. The summed E-state index contributed by atoms with van der Waals surface area (Å²) in [4.78, 5) is 58.1. The number of fused-ring (bicyclic) bond motifs is 7. The number of phosphoric ester groups is 1. The molecule has 1 amide bonds. The maximum Gasteiger partial charge on any atom is 0.470 e. The van der Waals surface area contributed by atoms with Crippen LogP contribution in [-0.4, -0.2) is 68.9 Å². The predicted molar refractivity (Wildman–Crippen MR) is 209 cm³/mol. The van der Waals surface area contributed by atoms with E-state index in [-0.39, 0.29) is 48.4 Å². The van der Waals surface area contributed by atoms with Crippen molar-refractivity contribution in [3.8, 4) is 5.75 Å². The molecule has 1 saturated heterocycles. The van der Waals surface area contributed by atoms with Crippen LogP contribution in [0.25, 0.3) is 0 Å². The number of benzene rings is 2. The summed E-state index contributed by atoms with van der Waals surface area (Å²) in [5, 5.41) is 14.7. The number of hydrogen-bond donors (Lipinski definition) is 5. The van der Waals surface area contributed by atoms with Gasteiger partial charge in [0.25, 0.3) is 0 Å². The molecule has 5 aliphatic rings. The minimum Gasteiger partial charge on any atom is -0.489 e. The van der Waals surface area contributed by atoms with Crippen molar-refractivity contribution in [2.24, 2.45) is 34.3 Å². The molecule has 4 fully saturated rings. The summed E-state index contributed by atoms with van der Waals surface area (Å²) in [5.74, 6) is -0.751. The lowest BCUT2D eigenvalue weighted by atomic mass is 9.46. The molecule has 1 heterocycles. The number of ether oxygens (including phenoxy) is 3. The van der Waals surface area contributed by atoms with Crippen molar-refractivity contribution in [1.82, 2.24) is 5.32 Å². The fourth-order valence-corrected chi connectivity index (χ4v) is 10.8. The lowest BCUT2D eigenvalue weighted by Crippen LogP contribution is -2.63. The number of ketones is 2. The topological polar surface area (TPSA) is 204 Å². The average molecular weight is 805 g/mol. The van der Waals surface area contributed by atoms with Crippen LogP contribution >= 0.6 is 7.82 Å². The third-order valence-corrected chi connectivity index (χ3v) is 13.8. The third kappa shape index (κ3) is 7.65. The first kappa shape index (κ1) is 41.4. The molecular formula is C43H53N2O11P. The van der Waals surface area contributed by atoms with Crippen molar-refractivity contribution in [2.75, 3.05) is 6.61 Å². The molecule has 6 N–H and O–H groups in total. The molecule has 0 bridgehead atoms. The summed E-state index contributed by atoms with van der Waals surface area (Å²) in [5.41, 5.74) is 7.07. The van der Waals surface area contributed by atoms with Crippen LogP contribution in [0.15, 0.2) is 84.5 Å². The Morgan fingerprint density at radius 2 is 1.84 bits per heavy atom. The van der Waals surface area contributed by atoms with Crippen LogP contribution in [0.3, 0.4) is 0 Å². The summed E-state index contributed by atoms with van der Waals surface area (Å²) in [6.45, 7) is 10.8. The Balaban J connectivity index is 1.06. The van der Waals surface area contributed by atoms with Crippen molar-refractivity contribution < 1.29 is 52.6 Å². The molecule has 0 spiro atoms. The SMILES string of the molecule is C=C1C=C[C@@]2(C)C(=C1)CC[C@@H]1[C@@H]2[C@@H](O)C[C@@]2(C)[C@H]1C[C@H]1O[C@@H](c3ccc(COc4cccc(CC(=O)[C@H](C)NC(=O)[C@H](C)N)c4)cc3)O[C@]12C(=O)COP(=O)(O)O. The number of aliphatic hydroxyl groups excluding tert-OH is 1. The van der Waals surface area contributed by atoms with Crippen LogP contribution in [0.5, 0.6) is 5.75 Å². The number of carbonyl (C=O) groups is 3. The number of Topliss-reactive ketones (excluding diaryl/α,β-unsaturated/α-hetero) is 2. The highest BCUT2D eigenvalue weighted by Crippen LogP contribution is 2.70. The first-order valence-electron chi connectivity index (χ1n) is 19.6. The van der Waals surface area contributed by atoms with Gasteiger partial charge in [0.05, 0.1) is 24.3 Å². The van der Waals surface area contributed by atoms with E-state index in [2.05, 4.69) is 31.0 Å². The van der Waals surface area contributed by atoms with Crippen molar-refractivity contribution in [3.63, 3.8) is 0 Å². The van der Waals surface area contributed by atoms with Gasteiger partial charge in [0.15, 0.2) is 23.5 Å². The van der Waals surface area contributed by atoms with Gasteiger partial charge in [0.2, 0.25) is 5.91 Å². The van der Waals surface area contributed by atoms with E-state index in [1.54, 1.807) is 32.0 Å². The number of rotatable bonds is 13. The highest BCUT2D eigenvalue weighted by atomic mass is 31.2. The van der Waals surface area contributed by atoms with E-state index in [9.17, 15) is 33.8 Å². The van der Waals surface area contributed by atoms with Gasteiger partial charge in [-0.3, -0.25) is 18.9 Å². The number of nitrogens with two attached hydrogens (primary N) is 1. The van der Waals surface area contributed by atoms with Crippen molar-refractivity contribution >= 4 is 25.3 Å². The van der Waals surface area contributed by atoms with Gasteiger partial charge in [-0.25, -0.2) is 4.57 Å². The van der Waals surface area contributed by atoms with E-state index >= 15 is 0 Å². The fourth-order valence-electron chi connectivity index (χ4n) is 10.5. The van der Waals surface area contributed by atoms with Gasteiger partial charge >= 0.3 is 7.82 Å². The van der Waals surface area contributed by atoms with E-state index in [0.29, 0.717) is 17.7 Å². The van der Waals surface area contributed by atoms with Crippen LogP contribution in [0, 0.1) is 28.6 Å². The Morgan fingerprint density at radius 1 is 1.11 bits per heavy atom. The first-order chi connectivity index (χ1) is 26.8. The maximum atomic E-state index is 14.3. The number of aliphatic hydroxyl groups is 1. The largest absolute Gasteiger partial charge is 0.489 e. The number of phosphoric acid groups is 1. The molecule has 0 unspecified atom stereocenters. The maximum absolute atomic E-state index is 14.3. The lowest BCUT2D eigenvalue weighted by Gasteiger charge is -2.59. The van der Waals surface area contributed by atoms with Gasteiger partial charge in [-0.1, -0.05) is 80.6 Å². The molecule has 3 saturated carbocycles. The smallest absolute Gasteiger partial charge is 0.470 e. The zero-order valence-corrected chi connectivity index (χ0v) is 33.7. The molecule has 57 heavy (non-hydrogen) atoms. The van der Waals surface area contributed by atoms with Crippen LogP contribution in [0.1, 0.15) is 76.4 Å². The molecule has 306 valence electrons. The second-order valence-electron chi connectivity index (χ2n) is 17.0. The van der Waals surface area contributed by atoms with Crippen LogP contribution in [-0.2, 0) is 46.0 Å². The molecule has 0 radical (unpaired) electrons. The summed E-state index contributed by atoms with van der Waals surface area (Å²) >= 11 is 0. The van der Waals surface area contributed by atoms with Crippen molar-refractivity contribution in [3.05, 3.63) is 101 Å². The van der Waals surface area contributed by atoms with Gasteiger partial charge in [0, 0.05) is 28.7 Å². The molecule has 0 aromatic heterocycles. The van der Waals surface area contributed by atoms with Gasteiger partial charge in [0.1, 0.15) is 19.0 Å². The second-order valence-corrected chi connectivity index (χ2v) is 18.2. The Hall–Kier alpha value is -3.78. The first-order valence-corrected chi connectivity index (χ1v) is 21.1. The molecule has 7 rings (SSSR count). The molecule has 2 aromatic rings. The van der Waals surface area contributed by atoms with Crippen molar-refractivity contribution in [2.45, 2.75) is 103 Å². The molecule has 4 aliphatic carbocycles. The van der Waals surface area contributed by atoms with Gasteiger partial charge in [-0.2, -0.15) is 0 Å². The standard InChI is InChI=1S/C43H53N2O11P/c1-24-15-16-41(4)30(17-24)13-14-32-33-20-37-43(36(48)23-54-57(50,51)52,42(33,5)21-35(47)38(32)41)56-40(55-37)29-11-9-27(10-12-29)22-53-31-8-6-7-28(18-31)19-34(46)26(3)45-39(49)25(2)44/h6-12,15-18,25-26,32-33,35,37-38,40,47H,1,13-14,19-23,44H2,2-5H3,(H,45,49)(H2,50,51,52)/t25-,26-,32-,33-,35-,37+,38+,40+,41-,42-,43+/m0/s1. The minimum atomic E-state index is -4.99. The summed E-state index contributed by atoms with van der Waals surface area (Å²) in [6, 6.07) is 13.1. The van der Waals surface area contributed by atoms with E-state index < -0.39 is 67.7 Å². The summed E-state index contributed by atoms with van der Waals surface area (Å²) in [6.07, 6.45) is 6.26. The minimum absolute atomic E-state index is 0.0394. The zero-order valence-electron chi connectivity index (χ0n) is 32.8. The number of carbonyl (C=O) groups excluding carboxylic acids is 3. The van der Waals surface area contributed by atoms with Crippen LogP contribution < -0.4 is 15.8 Å². The van der Waals surface area contributed by atoms with Crippen molar-refractivity contribution in [1.29, 1.82) is 0 Å². The van der Waals surface area contributed by atoms with Gasteiger partial charge in [-0.15, -0.1) is 0 Å². The normalized spacial score (nSPS) is 33.9. The fraction of sp³-hybridized carbons (Fsp3) is 0.512. The van der Waals surface area contributed by atoms with Crippen LogP contribution in [0.4, 0.5) is 0 Å². The number of amides is 1. The van der Waals surface area contributed by atoms with Crippen LogP contribution in [0.2, 0.25) is 0 Å². The molecular weight excluding hydrogens is 751 g/mol. The number of hydrogen-bond acceptors (Lipinski definition) is 10. The Labute approximate surface area is 332 Å². The van der Waals surface area contributed by atoms with E-state index in [1.807, 2.05) is 43.3 Å². The Bertz CT molecular complexity index is 2040. The quantitative estimate of drug-likeness (QED) is 0.171. The predicted octanol–water partition coefficient (Wildman–Crippen LogP) is 4.94. The van der Waals surface area contributed by atoms with E-state index in [1.165, 1.54) is 5.57 Å². The number of nitrogens with one attached hydrogen (secondary N) is 1. The molecule has 1 aliphatic heterocycles. The lowest BCUT2D eigenvalue weighted by molar-refractivity contribution is -0.200. The highest BCUT2D eigenvalue weighted by Gasteiger charge is 2.76. The highest BCUT2D eigenvalue weighted by molar-refractivity contribution is 7.46. The second kappa shape index (κ2) is 15.4.